The molecule has 0 saturated heterocycles. The molecule has 2 aromatic carbocycles. The van der Waals surface area contributed by atoms with Crippen LogP contribution in [0.15, 0.2) is 46.3 Å². The number of benzene rings is 2. The summed E-state index contributed by atoms with van der Waals surface area (Å²) in [6.45, 7) is 10.3. The van der Waals surface area contributed by atoms with E-state index in [-0.39, 0.29) is 4.90 Å². The molecule has 3 aromatic rings. The number of carbonyl (C=O) groups is 1. The van der Waals surface area contributed by atoms with Crippen molar-refractivity contribution in [1.82, 2.24) is 8.87 Å². The van der Waals surface area contributed by atoms with Crippen molar-refractivity contribution < 1.29 is 17.9 Å². The number of aromatic nitrogens is 1. The van der Waals surface area contributed by atoms with Crippen molar-refractivity contribution in [3.63, 3.8) is 0 Å². The lowest BCUT2D eigenvalue weighted by molar-refractivity contribution is 0.0997. The van der Waals surface area contributed by atoms with Crippen LogP contribution in [-0.2, 0) is 21.3 Å². The van der Waals surface area contributed by atoms with E-state index in [2.05, 4.69) is 31.0 Å². The number of amides is 1. The van der Waals surface area contributed by atoms with Crippen LogP contribution in [0.1, 0.15) is 61.0 Å². The summed E-state index contributed by atoms with van der Waals surface area (Å²) in [5.41, 5.74) is 3.73. The number of methoxy groups -OCH3 is 1. The molecule has 3 rings (SSSR count). The summed E-state index contributed by atoms with van der Waals surface area (Å²) in [5, 5.41) is 0. The first-order valence-electron chi connectivity index (χ1n) is 12.5. The standard InChI is InChI=1S/C27H37N3O4S2/c1-6-8-14-29(15-9-7-2)36(32,33)23-12-10-22(11-13-23)26(31)28-27-30(16-17-34-5)24-18-20(3)21(4)19-25(24)35-27/h10-13,18-19H,6-9,14-17H2,1-5H3. The number of ether oxygens (including phenoxy) is 1. The zero-order valence-corrected chi connectivity index (χ0v) is 23.5. The number of fused-ring (bicyclic) bond motifs is 1. The van der Waals surface area contributed by atoms with E-state index < -0.39 is 15.9 Å². The second kappa shape index (κ2) is 12.8. The number of sulfonamides is 1. The maximum Gasteiger partial charge on any atom is 0.279 e. The average molecular weight is 532 g/mol. The summed E-state index contributed by atoms with van der Waals surface area (Å²) in [6.07, 6.45) is 3.48. The van der Waals surface area contributed by atoms with Gasteiger partial charge in [-0.3, -0.25) is 4.79 Å². The number of nitrogens with zero attached hydrogens (tertiary/aromatic N) is 3. The zero-order valence-electron chi connectivity index (χ0n) is 21.9. The monoisotopic (exact) mass is 531 g/mol. The number of rotatable bonds is 12. The van der Waals surface area contributed by atoms with E-state index in [4.69, 9.17) is 4.74 Å². The first-order valence-corrected chi connectivity index (χ1v) is 14.8. The fourth-order valence-corrected chi connectivity index (χ4v) is 6.55. The fraction of sp³-hybridized carbons (Fsp3) is 0.481. The van der Waals surface area contributed by atoms with Crippen molar-refractivity contribution in [3.8, 4) is 0 Å². The minimum absolute atomic E-state index is 0.203. The van der Waals surface area contributed by atoms with Gasteiger partial charge in [-0.05, 0) is 74.2 Å². The molecule has 0 aliphatic rings. The van der Waals surface area contributed by atoms with E-state index in [0.717, 1.165) is 35.9 Å². The molecule has 196 valence electrons. The summed E-state index contributed by atoms with van der Waals surface area (Å²) in [4.78, 5) is 18.3. The molecular weight excluding hydrogens is 494 g/mol. The highest BCUT2D eigenvalue weighted by atomic mass is 32.2. The second-order valence-electron chi connectivity index (χ2n) is 8.99. The molecule has 0 saturated carbocycles. The van der Waals surface area contributed by atoms with Gasteiger partial charge in [0.2, 0.25) is 10.0 Å². The Balaban J connectivity index is 1.93. The molecule has 0 bridgehead atoms. The Labute approximate surface area is 218 Å². The van der Waals surface area contributed by atoms with Gasteiger partial charge in [-0.25, -0.2) is 8.42 Å². The van der Waals surface area contributed by atoms with Crippen molar-refractivity contribution in [2.75, 3.05) is 26.8 Å². The molecular formula is C27H37N3O4S2. The maximum absolute atomic E-state index is 13.2. The molecule has 36 heavy (non-hydrogen) atoms. The minimum atomic E-state index is -3.61. The van der Waals surface area contributed by atoms with E-state index in [9.17, 15) is 13.2 Å². The minimum Gasteiger partial charge on any atom is -0.383 e. The van der Waals surface area contributed by atoms with Crippen LogP contribution in [0.4, 0.5) is 0 Å². The van der Waals surface area contributed by atoms with Crippen LogP contribution in [0.25, 0.3) is 10.2 Å². The lowest BCUT2D eigenvalue weighted by Gasteiger charge is -2.22. The van der Waals surface area contributed by atoms with Crippen molar-refractivity contribution in [2.24, 2.45) is 4.99 Å². The molecule has 0 radical (unpaired) electrons. The van der Waals surface area contributed by atoms with E-state index in [0.29, 0.717) is 36.6 Å². The molecule has 0 aliphatic carbocycles. The van der Waals surface area contributed by atoms with Crippen LogP contribution < -0.4 is 4.80 Å². The number of thiazole rings is 1. The highest BCUT2D eigenvalue weighted by molar-refractivity contribution is 7.89. The Hall–Kier alpha value is -2.33. The van der Waals surface area contributed by atoms with Crippen molar-refractivity contribution >= 4 is 37.5 Å². The summed E-state index contributed by atoms with van der Waals surface area (Å²) < 4.78 is 36.3. The number of hydrogen-bond donors (Lipinski definition) is 0. The summed E-state index contributed by atoms with van der Waals surface area (Å²) in [7, 11) is -1.97. The summed E-state index contributed by atoms with van der Waals surface area (Å²) in [6, 6.07) is 10.4. The van der Waals surface area contributed by atoms with Crippen LogP contribution in [0, 0.1) is 13.8 Å². The normalized spacial score (nSPS) is 12.7. The van der Waals surface area contributed by atoms with Gasteiger partial charge in [-0.2, -0.15) is 9.30 Å². The summed E-state index contributed by atoms with van der Waals surface area (Å²) in [5.74, 6) is -0.404. The van der Waals surface area contributed by atoms with E-state index in [1.165, 1.54) is 34.6 Å². The van der Waals surface area contributed by atoms with Gasteiger partial charge in [0.1, 0.15) is 0 Å². The fourth-order valence-electron chi connectivity index (χ4n) is 3.90. The van der Waals surface area contributed by atoms with E-state index >= 15 is 0 Å². The molecule has 0 N–H and O–H groups in total. The second-order valence-corrected chi connectivity index (χ2v) is 11.9. The van der Waals surface area contributed by atoms with Gasteiger partial charge in [0.15, 0.2) is 4.80 Å². The van der Waals surface area contributed by atoms with Crippen LogP contribution in [-0.4, -0.2) is 50.0 Å². The Morgan fingerprint density at radius 2 is 1.64 bits per heavy atom. The molecule has 1 heterocycles. The maximum atomic E-state index is 13.2. The summed E-state index contributed by atoms with van der Waals surface area (Å²) >= 11 is 1.46. The molecule has 1 amide bonds. The highest BCUT2D eigenvalue weighted by Crippen LogP contribution is 2.23. The predicted molar refractivity (Wildman–Crippen MR) is 146 cm³/mol. The van der Waals surface area contributed by atoms with Gasteiger partial charge in [0.25, 0.3) is 5.91 Å². The third-order valence-electron chi connectivity index (χ3n) is 6.28. The van der Waals surface area contributed by atoms with Gasteiger partial charge in [-0.15, -0.1) is 0 Å². The van der Waals surface area contributed by atoms with Gasteiger partial charge in [-0.1, -0.05) is 38.0 Å². The SMILES string of the molecule is CCCCN(CCCC)S(=O)(=O)c1ccc(C(=O)N=c2sc3cc(C)c(C)cc3n2CCOC)cc1. The first kappa shape index (κ1) is 28.2. The van der Waals surface area contributed by atoms with Crippen molar-refractivity contribution in [1.29, 1.82) is 0 Å². The van der Waals surface area contributed by atoms with Gasteiger partial charge < -0.3 is 9.30 Å². The van der Waals surface area contributed by atoms with Crippen LogP contribution >= 0.6 is 11.3 Å². The van der Waals surface area contributed by atoms with E-state index in [1.807, 2.05) is 18.4 Å². The number of carbonyl (C=O) groups excluding carboxylic acids is 1. The Bertz CT molecular complexity index is 1350. The Kier molecular flexibility index (Phi) is 10.0. The van der Waals surface area contributed by atoms with Crippen molar-refractivity contribution in [3.05, 3.63) is 57.9 Å². The molecule has 0 fully saturated rings. The van der Waals surface area contributed by atoms with E-state index in [1.54, 1.807) is 23.5 Å². The van der Waals surface area contributed by atoms with Crippen LogP contribution in [0.2, 0.25) is 0 Å². The first-order chi connectivity index (χ1) is 17.2. The smallest absolute Gasteiger partial charge is 0.279 e. The third-order valence-corrected chi connectivity index (χ3v) is 9.23. The van der Waals surface area contributed by atoms with Gasteiger partial charge >= 0.3 is 0 Å². The largest absolute Gasteiger partial charge is 0.383 e. The molecule has 9 heteroatoms. The zero-order chi connectivity index (χ0) is 26.3. The van der Waals surface area contributed by atoms with Crippen molar-refractivity contribution in [2.45, 2.75) is 64.8 Å². The molecule has 0 spiro atoms. The molecule has 0 unspecified atom stereocenters. The van der Waals surface area contributed by atoms with Gasteiger partial charge in [0, 0.05) is 32.3 Å². The highest BCUT2D eigenvalue weighted by Gasteiger charge is 2.23. The quantitative estimate of drug-likeness (QED) is 0.318. The number of aryl methyl sites for hydroxylation is 2. The molecule has 0 atom stereocenters. The van der Waals surface area contributed by atoms with Crippen LogP contribution in [0.3, 0.4) is 0 Å². The number of unbranched alkanes of at least 4 members (excludes halogenated alkanes) is 2. The predicted octanol–water partition coefficient (Wildman–Crippen LogP) is 5.30. The topological polar surface area (TPSA) is 81.0 Å². The third kappa shape index (κ3) is 6.51. The average Bonchev–Trinajstić information content (AvgIpc) is 3.18. The lowest BCUT2D eigenvalue weighted by Crippen LogP contribution is -2.33. The Morgan fingerprint density at radius 1 is 1.03 bits per heavy atom. The van der Waals surface area contributed by atoms with Gasteiger partial charge in [0.05, 0.1) is 21.7 Å². The Morgan fingerprint density at radius 3 is 2.22 bits per heavy atom. The molecule has 7 nitrogen and oxygen atoms in total. The molecule has 0 aliphatic heterocycles. The molecule has 1 aromatic heterocycles. The lowest BCUT2D eigenvalue weighted by atomic mass is 10.1. The van der Waals surface area contributed by atoms with Crippen LogP contribution in [0.5, 0.6) is 0 Å². The number of hydrogen-bond acceptors (Lipinski definition) is 5.